The lowest BCUT2D eigenvalue weighted by Crippen LogP contribution is -2.41. The Morgan fingerprint density at radius 1 is 1.00 bits per heavy atom. The number of para-hydroxylation sites is 2. The van der Waals surface area contributed by atoms with Gasteiger partial charge in [-0.15, -0.1) is 0 Å². The van der Waals surface area contributed by atoms with E-state index in [0.29, 0.717) is 5.92 Å². The Balaban J connectivity index is 1.21. The summed E-state index contributed by atoms with van der Waals surface area (Å²) in [4.78, 5) is 30.6. The van der Waals surface area contributed by atoms with Crippen molar-refractivity contribution in [3.8, 4) is 0 Å². The molecule has 1 aliphatic rings. The molecule has 2 aromatic carbocycles. The number of carbonyl (C=O) groups is 2. The molecule has 0 atom stereocenters. The third-order valence-electron chi connectivity index (χ3n) is 5.52. The zero-order chi connectivity index (χ0) is 20.1. The van der Waals surface area contributed by atoms with Crippen LogP contribution in [-0.2, 0) is 27.3 Å². The highest BCUT2D eigenvalue weighted by atomic mass is 16.5. The van der Waals surface area contributed by atoms with Crippen LogP contribution in [-0.4, -0.2) is 46.0 Å². The Morgan fingerprint density at radius 2 is 1.72 bits per heavy atom. The molecule has 1 aliphatic heterocycles. The first-order valence-electron chi connectivity index (χ1n) is 10.1. The average Bonchev–Trinajstić information content (AvgIpc) is 3.16. The van der Waals surface area contributed by atoms with E-state index in [4.69, 9.17) is 4.74 Å². The summed E-state index contributed by atoms with van der Waals surface area (Å²) in [5.41, 5.74) is 3.05. The summed E-state index contributed by atoms with van der Waals surface area (Å²) in [6.07, 6.45) is 4.63. The van der Waals surface area contributed by atoms with Crippen LogP contribution in [0.25, 0.3) is 11.0 Å². The molecule has 6 nitrogen and oxygen atoms in total. The predicted molar refractivity (Wildman–Crippen MR) is 110 cm³/mol. The lowest BCUT2D eigenvalue weighted by atomic mass is 9.90. The van der Waals surface area contributed by atoms with Crippen molar-refractivity contribution in [2.45, 2.75) is 25.8 Å². The lowest BCUT2D eigenvalue weighted by molar-refractivity contribution is -0.153. The second-order valence-corrected chi connectivity index (χ2v) is 7.54. The number of amides is 1. The molecule has 0 saturated carbocycles. The number of aromatic nitrogens is 2. The molecule has 6 heteroatoms. The zero-order valence-electron chi connectivity index (χ0n) is 16.4. The van der Waals surface area contributed by atoms with Crippen LogP contribution >= 0.6 is 0 Å². The fourth-order valence-electron chi connectivity index (χ4n) is 3.89. The summed E-state index contributed by atoms with van der Waals surface area (Å²) in [6, 6.07) is 18.1. The van der Waals surface area contributed by atoms with Crippen molar-refractivity contribution in [1.29, 1.82) is 0 Å². The van der Waals surface area contributed by atoms with Gasteiger partial charge >= 0.3 is 5.97 Å². The van der Waals surface area contributed by atoms with Gasteiger partial charge in [0.1, 0.15) is 6.54 Å². The fraction of sp³-hybridized carbons (Fsp3) is 0.348. The molecule has 3 aromatic rings. The van der Waals surface area contributed by atoms with Crippen LogP contribution in [0.3, 0.4) is 0 Å². The minimum Gasteiger partial charge on any atom is -0.454 e. The average molecular weight is 391 g/mol. The number of esters is 1. The molecule has 1 aromatic heterocycles. The van der Waals surface area contributed by atoms with E-state index >= 15 is 0 Å². The molecule has 4 rings (SSSR count). The normalized spacial score (nSPS) is 14.8. The third-order valence-corrected chi connectivity index (χ3v) is 5.52. The number of ether oxygens (including phenoxy) is 1. The SMILES string of the molecule is O=C(Cn1cnc2ccccc21)OCC(=O)N1CCC(Cc2ccccc2)CC1. The number of imidazole rings is 1. The van der Waals surface area contributed by atoms with Gasteiger partial charge in [0, 0.05) is 13.1 Å². The highest BCUT2D eigenvalue weighted by molar-refractivity contribution is 5.82. The van der Waals surface area contributed by atoms with Crippen LogP contribution in [0.4, 0.5) is 0 Å². The summed E-state index contributed by atoms with van der Waals surface area (Å²) in [5.74, 6) is 0.0472. The number of benzene rings is 2. The lowest BCUT2D eigenvalue weighted by Gasteiger charge is -2.32. The Bertz CT molecular complexity index is 975. The van der Waals surface area contributed by atoms with Gasteiger partial charge in [0.05, 0.1) is 17.4 Å². The molecule has 0 aliphatic carbocycles. The first-order valence-corrected chi connectivity index (χ1v) is 10.1. The van der Waals surface area contributed by atoms with E-state index in [-0.39, 0.29) is 19.1 Å². The van der Waals surface area contributed by atoms with Gasteiger partial charge in [-0.2, -0.15) is 0 Å². The molecule has 29 heavy (non-hydrogen) atoms. The molecule has 2 heterocycles. The maximum atomic E-state index is 12.4. The monoisotopic (exact) mass is 391 g/mol. The van der Waals surface area contributed by atoms with Crippen LogP contribution in [0, 0.1) is 5.92 Å². The Morgan fingerprint density at radius 3 is 2.52 bits per heavy atom. The van der Waals surface area contributed by atoms with Gasteiger partial charge in [0.25, 0.3) is 5.91 Å². The quantitative estimate of drug-likeness (QED) is 0.606. The highest BCUT2D eigenvalue weighted by Crippen LogP contribution is 2.21. The molecule has 1 amide bonds. The topological polar surface area (TPSA) is 64.4 Å². The molecule has 0 spiro atoms. The minimum atomic E-state index is -0.430. The number of hydrogen-bond acceptors (Lipinski definition) is 4. The van der Waals surface area contributed by atoms with Gasteiger partial charge < -0.3 is 14.2 Å². The highest BCUT2D eigenvalue weighted by Gasteiger charge is 2.23. The van der Waals surface area contributed by atoms with Crippen molar-refractivity contribution >= 4 is 22.9 Å². The number of likely N-dealkylation sites (tertiary alicyclic amines) is 1. The van der Waals surface area contributed by atoms with Gasteiger partial charge in [-0.1, -0.05) is 42.5 Å². The molecule has 0 bridgehead atoms. The van der Waals surface area contributed by atoms with Crippen LogP contribution in [0.2, 0.25) is 0 Å². The van der Waals surface area contributed by atoms with Crippen molar-refractivity contribution in [2.75, 3.05) is 19.7 Å². The van der Waals surface area contributed by atoms with E-state index in [9.17, 15) is 9.59 Å². The number of piperidine rings is 1. The fourth-order valence-corrected chi connectivity index (χ4v) is 3.89. The summed E-state index contributed by atoms with van der Waals surface area (Å²) < 4.78 is 6.96. The number of fused-ring (bicyclic) bond motifs is 1. The van der Waals surface area contributed by atoms with Gasteiger partial charge in [-0.3, -0.25) is 9.59 Å². The first kappa shape index (κ1) is 19.2. The van der Waals surface area contributed by atoms with Crippen molar-refractivity contribution in [1.82, 2.24) is 14.5 Å². The number of carbonyl (C=O) groups excluding carboxylic acids is 2. The molecule has 1 fully saturated rings. The van der Waals surface area contributed by atoms with E-state index < -0.39 is 5.97 Å². The summed E-state index contributed by atoms with van der Waals surface area (Å²) in [6.45, 7) is 1.29. The van der Waals surface area contributed by atoms with Gasteiger partial charge in [-0.25, -0.2) is 4.98 Å². The molecular weight excluding hydrogens is 366 g/mol. The largest absolute Gasteiger partial charge is 0.454 e. The summed E-state index contributed by atoms with van der Waals surface area (Å²) in [7, 11) is 0. The molecule has 0 radical (unpaired) electrons. The Labute approximate surface area is 170 Å². The van der Waals surface area contributed by atoms with Crippen molar-refractivity contribution in [3.05, 3.63) is 66.5 Å². The van der Waals surface area contributed by atoms with Gasteiger partial charge in [0.2, 0.25) is 0 Å². The van der Waals surface area contributed by atoms with E-state index in [0.717, 1.165) is 43.4 Å². The minimum absolute atomic E-state index is 0.0486. The van der Waals surface area contributed by atoms with E-state index in [1.807, 2.05) is 30.3 Å². The maximum Gasteiger partial charge on any atom is 0.326 e. The molecule has 150 valence electrons. The van der Waals surface area contributed by atoms with Crippen LogP contribution in [0.5, 0.6) is 0 Å². The number of hydrogen-bond donors (Lipinski definition) is 0. The number of rotatable bonds is 6. The molecule has 0 N–H and O–H groups in total. The molecule has 0 unspecified atom stereocenters. The zero-order valence-corrected chi connectivity index (χ0v) is 16.4. The van der Waals surface area contributed by atoms with E-state index in [1.165, 1.54) is 5.56 Å². The van der Waals surface area contributed by atoms with Crippen molar-refractivity contribution < 1.29 is 14.3 Å². The predicted octanol–water partition coefficient (Wildman–Crippen LogP) is 3.06. The first-order chi connectivity index (χ1) is 14.2. The smallest absolute Gasteiger partial charge is 0.326 e. The van der Waals surface area contributed by atoms with E-state index in [1.54, 1.807) is 15.8 Å². The summed E-state index contributed by atoms with van der Waals surface area (Å²) in [5, 5.41) is 0. The second kappa shape index (κ2) is 8.90. The molecular formula is C23H25N3O3. The summed E-state index contributed by atoms with van der Waals surface area (Å²) >= 11 is 0. The molecule has 1 saturated heterocycles. The van der Waals surface area contributed by atoms with Crippen molar-refractivity contribution in [2.24, 2.45) is 5.92 Å². The Kier molecular flexibility index (Phi) is 5.89. The third kappa shape index (κ3) is 4.83. The van der Waals surface area contributed by atoms with Gasteiger partial charge in [0.15, 0.2) is 6.61 Å². The van der Waals surface area contributed by atoms with E-state index in [2.05, 4.69) is 29.2 Å². The Hall–Kier alpha value is -3.15. The standard InChI is InChI=1S/C23H25N3O3/c27-22(25-12-10-19(11-13-25)14-18-6-2-1-3-7-18)16-29-23(28)15-26-17-24-20-8-4-5-9-21(20)26/h1-9,17,19H,10-16H2. The van der Waals surface area contributed by atoms with Crippen LogP contribution in [0.15, 0.2) is 60.9 Å². The van der Waals surface area contributed by atoms with Gasteiger partial charge in [-0.05, 0) is 42.9 Å². The van der Waals surface area contributed by atoms with Crippen molar-refractivity contribution in [3.63, 3.8) is 0 Å². The second-order valence-electron chi connectivity index (χ2n) is 7.54. The maximum absolute atomic E-state index is 12.4. The number of nitrogens with zero attached hydrogens (tertiary/aromatic N) is 3. The van der Waals surface area contributed by atoms with Crippen LogP contribution in [0.1, 0.15) is 18.4 Å². The van der Waals surface area contributed by atoms with Crippen LogP contribution < -0.4 is 0 Å².